The monoisotopic (exact) mass is 289 g/mol. The average molecular weight is 289 g/mol. The largest absolute Gasteiger partial charge is 0.497 e. The highest BCUT2D eigenvalue weighted by Crippen LogP contribution is 2.20. The average Bonchev–Trinajstić information content (AvgIpc) is 2.49. The highest BCUT2D eigenvalue weighted by Gasteiger charge is 2.23. The lowest BCUT2D eigenvalue weighted by molar-refractivity contribution is -0.118. The van der Waals surface area contributed by atoms with E-state index in [2.05, 4.69) is 5.32 Å². The first-order valence-corrected chi connectivity index (χ1v) is 7.41. The van der Waals surface area contributed by atoms with Gasteiger partial charge in [-0.05, 0) is 43.0 Å². The molecule has 4 heteroatoms. The summed E-state index contributed by atoms with van der Waals surface area (Å²) in [6.07, 6.45) is 4.86. The molecule has 0 saturated heterocycles. The number of carbonyl (C=O) groups excluding carboxylic acids is 1. The Morgan fingerprint density at radius 1 is 1.38 bits per heavy atom. The number of amides is 1. The Labute approximate surface area is 125 Å². The van der Waals surface area contributed by atoms with Crippen molar-refractivity contribution in [3.63, 3.8) is 0 Å². The zero-order valence-corrected chi connectivity index (χ0v) is 12.6. The van der Waals surface area contributed by atoms with Crippen LogP contribution in [0.2, 0.25) is 0 Å². The van der Waals surface area contributed by atoms with Crippen molar-refractivity contribution in [2.75, 3.05) is 7.11 Å². The van der Waals surface area contributed by atoms with E-state index in [9.17, 15) is 9.90 Å². The second-order valence-corrected chi connectivity index (χ2v) is 5.53. The number of ether oxygens (including phenoxy) is 1. The Bertz CT molecular complexity index is 525. The number of aliphatic hydroxyl groups is 1. The van der Waals surface area contributed by atoms with Crippen LogP contribution in [0.5, 0.6) is 5.75 Å². The van der Waals surface area contributed by atoms with Gasteiger partial charge in [-0.1, -0.05) is 25.0 Å². The molecule has 1 aliphatic rings. The van der Waals surface area contributed by atoms with Crippen LogP contribution in [0.3, 0.4) is 0 Å². The van der Waals surface area contributed by atoms with Gasteiger partial charge in [-0.2, -0.15) is 0 Å². The molecule has 0 aliphatic heterocycles. The summed E-state index contributed by atoms with van der Waals surface area (Å²) in [5, 5.41) is 12.8. The van der Waals surface area contributed by atoms with Gasteiger partial charge in [-0.3, -0.25) is 4.79 Å². The number of hydrogen-bond acceptors (Lipinski definition) is 3. The van der Waals surface area contributed by atoms with E-state index < -0.39 is 6.10 Å². The standard InChI is InChI=1S/C17H23NO3/c1-12(13-6-5-7-14(11-13)21-2)10-17(20)18-15-8-3-4-9-16(15)19/h5-7,10-11,15-16,19H,3-4,8-9H2,1-2H3,(H,18,20)/b12-10+. The van der Waals surface area contributed by atoms with Gasteiger partial charge in [0.05, 0.1) is 19.3 Å². The lowest BCUT2D eigenvalue weighted by Crippen LogP contribution is -2.44. The first-order valence-electron chi connectivity index (χ1n) is 7.41. The van der Waals surface area contributed by atoms with Crippen molar-refractivity contribution in [3.05, 3.63) is 35.9 Å². The summed E-state index contributed by atoms with van der Waals surface area (Å²) in [5.74, 6) is 0.615. The van der Waals surface area contributed by atoms with E-state index in [1.165, 1.54) is 0 Å². The number of carbonyl (C=O) groups is 1. The number of methoxy groups -OCH3 is 1. The summed E-state index contributed by atoms with van der Waals surface area (Å²) in [6.45, 7) is 1.89. The summed E-state index contributed by atoms with van der Waals surface area (Å²) in [6, 6.07) is 7.48. The molecule has 1 saturated carbocycles. The summed E-state index contributed by atoms with van der Waals surface area (Å²) in [7, 11) is 1.62. The first kappa shape index (κ1) is 15.6. The molecule has 1 aromatic carbocycles. The maximum Gasteiger partial charge on any atom is 0.244 e. The van der Waals surface area contributed by atoms with Gasteiger partial charge in [0, 0.05) is 6.08 Å². The summed E-state index contributed by atoms with van der Waals surface area (Å²) in [5.41, 5.74) is 1.82. The van der Waals surface area contributed by atoms with Crippen molar-refractivity contribution in [1.29, 1.82) is 0 Å². The maximum atomic E-state index is 12.1. The van der Waals surface area contributed by atoms with Gasteiger partial charge in [-0.25, -0.2) is 0 Å². The number of aliphatic hydroxyl groups excluding tert-OH is 1. The second kappa shape index (κ2) is 7.27. The van der Waals surface area contributed by atoms with E-state index >= 15 is 0 Å². The van der Waals surface area contributed by atoms with Crippen molar-refractivity contribution < 1.29 is 14.6 Å². The number of nitrogens with one attached hydrogen (secondary N) is 1. The molecule has 0 radical (unpaired) electrons. The van der Waals surface area contributed by atoms with E-state index in [0.717, 1.165) is 42.6 Å². The van der Waals surface area contributed by atoms with Crippen LogP contribution >= 0.6 is 0 Å². The summed E-state index contributed by atoms with van der Waals surface area (Å²) < 4.78 is 5.18. The van der Waals surface area contributed by atoms with Gasteiger partial charge >= 0.3 is 0 Å². The van der Waals surface area contributed by atoms with Crippen LogP contribution in [0.25, 0.3) is 5.57 Å². The van der Waals surface area contributed by atoms with Crippen molar-refractivity contribution >= 4 is 11.5 Å². The quantitative estimate of drug-likeness (QED) is 0.837. The number of allylic oxidation sites excluding steroid dienone is 1. The molecular weight excluding hydrogens is 266 g/mol. The van der Waals surface area contributed by atoms with Crippen LogP contribution in [-0.2, 0) is 4.79 Å². The Morgan fingerprint density at radius 2 is 2.14 bits per heavy atom. The molecule has 1 aliphatic carbocycles. The minimum absolute atomic E-state index is 0.124. The van der Waals surface area contributed by atoms with Crippen LogP contribution in [0, 0.1) is 0 Å². The molecule has 0 bridgehead atoms. The maximum absolute atomic E-state index is 12.1. The number of rotatable bonds is 4. The smallest absolute Gasteiger partial charge is 0.244 e. The molecule has 21 heavy (non-hydrogen) atoms. The molecule has 2 unspecified atom stereocenters. The molecule has 0 heterocycles. The zero-order valence-electron chi connectivity index (χ0n) is 12.6. The zero-order chi connectivity index (χ0) is 15.2. The van der Waals surface area contributed by atoms with Crippen molar-refractivity contribution in [2.45, 2.75) is 44.8 Å². The Balaban J connectivity index is 2.01. The van der Waals surface area contributed by atoms with Gasteiger partial charge in [-0.15, -0.1) is 0 Å². The molecule has 1 aromatic rings. The Kier molecular flexibility index (Phi) is 5.39. The summed E-state index contributed by atoms with van der Waals surface area (Å²) in [4.78, 5) is 12.1. The van der Waals surface area contributed by atoms with Crippen molar-refractivity contribution in [2.24, 2.45) is 0 Å². The fourth-order valence-electron chi connectivity index (χ4n) is 2.65. The van der Waals surface area contributed by atoms with Gasteiger partial charge in [0.1, 0.15) is 5.75 Å². The molecule has 2 rings (SSSR count). The predicted octanol–water partition coefficient (Wildman–Crippen LogP) is 2.52. The van der Waals surface area contributed by atoms with Crippen molar-refractivity contribution in [1.82, 2.24) is 5.32 Å². The predicted molar refractivity (Wildman–Crippen MR) is 83.1 cm³/mol. The van der Waals surface area contributed by atoms with E-state index in [0.29, 0.717) is 0 Å². The Morgan fingerprint density at radius 3 is 2.86 bits per heavy atom. The van der Waals surface area contributed by atoms with E-state index in [-0.39, 0.29) is 11.9 Å². The number of benzene rings is 1. The molecule has 1 amide bonds. The highest BCUT2D eigenvalue weighted by molar-refractivity contribution is 5.95. The lowest BCUT2D eigenvalue weighted by Gasteiger charge is -2.27. The van der Waals surface area contributed by atoms with Gasteiger partial charge in [0.2, 0.25) is 5.91 Å². The normalized spacial score (nSPS) is 22.7. The van der Waals surface area contributed by atoms with Crippen LogP contribution < -0.4 is 10.1 Å². The van der Waals surface area contributed by atoms with Crippen LogP contribution in [0.15, 0.2) is 30.3 Å². The van der Waals surface area contributed by atoms with Crippen LogP contribution in [-0.4, -0.2) is 30.3 Å². The molecule has 4 nitrogen and oxygen atoms in total. The van der Waals surface area contributed by atoms with Gasteiger partial charge in [0.15, 0.2) is 0 Å². The SMILES string of the molecule is COc1cccc(/C(C)=C/C(=O)NC2CCCCC2O)c1. The molecule has 0 aromatic heterocycles. The third-order valence-corrected chi connectivity index (χ3v) is 3.93. The van der Waals surface area contributed by atoms with Crippen LogP contribution in [0.1, 0.15) is 38.2 Å². The topological polar surface area (TPSA) is 58.6 Å². The minimum atomic E-state index is -0.423. The minimum Gasteiger partial charge on any atom is -0.497 e. The van der Waals surface area contributed by atoms with Gasteiger partial charge in [0.25, 0.3) is 0 Å². The fraction of sp³-hybridized carbons (Fsp3) is 0.471. The van der Waals surface area contributed by atoms with Crippen LogP contribution in [0.4, 0.5) is 0 Å². The van der Waals surface area contributed by atoms with E-state index in [1.54, 1.807) is 13.2 Å². The fourth-order valence-corrected chi connectivity index (χ4v) is 2.65. The third kappa shape index (κ3) is 4.33. The second-order valence-electron chi connectivity index (χ2n) is 5.53. The first-order chi connectivity index (χ1) is 10.1. The molecule has 2 atom stereocenters. The molecule has 1 fully saturated rings. The Hall–Kier alpha value is -1.81. The lowest BCUT2D eigenvalue weighted by atomic mass is 9.92. The molecular formula is C17H23NO3. The highest BCUT2D eigenvalue weighted by atomic mass is 16.5. The third-order valence-electron chi connectivity index (χ3n) is 3.93. The molecule has 2 N–H and O–H groups in total. The summed E-state index contributed by atoms with van der Waals surface area (Å²) >= 11 is 0. The van der Waals surface area contributed by atoms with Gasteiger partial charge < -0.3 is 15.2 Å². The van der Waals surface area contributed by atoms with E-state index in [4.69, 9.17) is 4.74 Å². The van der Waals surface area contributed by atoms with Crippen molar-refractivity contribution in [3.8, 4) is 5.75 Å². The van der Waals surface area contributed by atoms with E-state index in [1.807, 2.05) is 31.2 Å². The molecule has 0 spiro atoms. The number of hydrogen-bond donors (Lipinski definition) is 2. The molecule has 114 valence electrons.